The highest BCUT2D eigenvalue weighted by molar-refractivity contribution is 6.21. The molecule has 6 nitrogen and oxygen atoms in total. The van der Waals surface area contributed by atoms with Gasteiger partial charge < -0.3 is 4.74 Å². The van der Waals surface area contributed by atoms with Crippen LogP contribution in [-0.2, 0) is 4.79 Å². The molecule has 24 heavy (non-hydrogen) atoms. The minimum Gasteiger partial charge on any atom is -0.426 e. The Bertz CT molecular complexity index is 808. The number of carbonyl (C=O) groups excluding carboxylic acids is 4. The molecular formula is C18H13NO5. The SMILES string of the molecule is O=Cc1cccc(OC(=O)CCN2C(=O)c3ccccc3C2=O)c1. The zero-order chi connectivity index (χ0) is 17.1. The van der Waals surface area contributed by atoms with E-state index in [0.717, 1.165) is 4.90 Å². The largest absolute Gasteiger partial charge is 0.426 e. The number of esters is 1. The monoisotopic (exact) mass is 323 g/mol. The lowest BCUT2D eigenvalue weighted by molar-refractivity contribution is -0.134. The van der Waals surface area contributed by atoms with Gasteiger partial charge in [0.2, 0.25) is 0 Å². The Morgan fingerprint density at radius 2 is 1.67 bits per heavy atom. The molecule has 0 saturated heterocycles. The molecule has 1 heterocycles. The predicted molar refractivity (Wildman–Crippen MR) is 83.9 cm³/mol. The molecule has 1 aliphatic rings. The van der Waals surface area contributed by atoms with Gasteiger partial charge in [0, 0.05) is 12.1 Å². The van der Waals surface area contributed by atoms with Gasteiger partial charge in [0.25, 0.3) is 11.8 Å². The van der Waals surface area contributed by atoms with Crippen LogP contribution in [0.25, 0.3) is 0 Å². The summed E-state index contributed by atoms with van der Waals surface area (Å²) in [6.45, 7) is -0.0570. The molecule has 0 aliphatic carbocycles. The summed E-state index contributed by atoms with van der Waals surface area (Å²) < 4.78 is 5.12. The van der Waals surface area contributed by atoms with Crippen molar-refractivity contribution in [1.82, 2.24) is 4.90 Å². The van der Waals surface area contributed by atoms with E-state index in [1.54, 1.807) is 42.5 Å². The average molecular weight is 323 g/mol. The number of amides is 2. The topological polar surface area (TPSA) is 80.8 Å². The van der Waals surface area contributed by atoms with E-state index < -0.39 is 17.8 Å². The third kappa shape index (κ3) is 2.94. The number of hydrogen-bond donors (Lipinski definition) is 0. The number of rotatable bonds is 5. The molecule has 3 rings (SSSR count). The first-order chi connectivity index (χ1) is 11.6. The number of fused-ring (bicyclic) bond motifs is 1. The fourth-order valence-corrected chi connectivity index (χ4v) is 2.48. The molecule has 0 aromatic heterocycles. The van der Waals surface area contributed by atoms with Gasteiger partial charge in [-0.05, 0) is 24.3 Å². The fraction of sp³-hybridized carbons (Fsp3) is 0.111. The smallest absolute Gasteiger partial charge is 0.312 e. The molecular weight excluding hydrogens is 310 g/mol. The van der Waals surface area contributed by atoms with E-state index in [1.807, 2.05) is 0 Å². The van der Waals surface area contributed by atoms with Gasteiger partial charge in [-0.1, -0.05) is 24.3 Å². The van der Waals surface area contributed by atoms with Crippen LogP contribution in [0.1, 0.15) is 37.5 Å². The first kappa shape index (κ1) is 15.6. The van der Waals surface area contributed by atoms with Crippen LogP contribution in [-0.4, -0.2) is 35.5 Å². The van der Waals surface area contributed by atoms with Gasteiger partial charge in [0.05, 0.1) is 17.5 Å². The fourth-order valence-electron chi connectivity index (χ4n) is 2.48. The Hall–Kier alpha value is -3.28. The minimum absolute atomic E-state index is 0.0570. The van der Waals surface area contributed by atoms with Crippen molar-refractivity contribution in [2.45, 2.75) is 6.42 Å². The first-order valence-corrected chi connectivity index (χ1v) is 7.31. The summed E-state index contributed by atoms with van der Waals surface area (Å²) in [5.74, 6) is -1.17. The molecule has 6 heteroatoms. The second kappa shape index (κ2) is 6.45. The van der Waals surface area contributed by atoms with E-state index in [-0.39, 0.29) is 18.7 Å². The number of carbonyl (C=O) groups is 4. The third-order valence-corrected chi connectivity index (χ3v) is 3.64. The van der Waals surface area contributed by atoms with E-state index in [4.69, 9.17) is 4.74 Å². The van der Waals surface area contributed by atoms with Crippen molar-refractivity contribution in [2.24, 2.45) is 0 Å². The molecule has 0 radical (unpaired) electrons. The van der Waals surface area contributed by atoms with E-state index >= 15 is 0 Å². The summed E-state index contributed by atoms with van der Waals surface area (Å²) in [4.78, 5) is 48.0. The Labute approximate surface area is 137 Å². The second-order valence-electron chi connectivity index (χ2n) is 5.22. The zero-order valence-corrected chi connectivity index (χ0v) is 12.6. The van der Waals surface area contributed by atoms with Gasteiger partial charge >= 0.3 is 5.97 Å². The Kier molecular flexibility index (Phi) is 4.20. The van der Waals surface area contributed by atoms with Crippen LogP contribution in [0.4, 0.5) is 0 Å². The van der Waals surface area contributed by atoms with Crippen molar-refractivity contribution in [3.8, 4) is 5.75 Å². The van der Waals surface area contributed by atoms with Crippen molar-refractivity contribution < 1.29 is 23.9 Å². The normalized spacial score (nSPS) is 12.9. The lowest BCUT2D eigenvalue weighted by Gasteiger charge is -2.13. The Morgan fingerprint density at radius 1 is 1.00 bits per heavy atom. The molecule has 0 unspecified atom stereocenters. The highest BCUT2D eigenvalue weighted by atomic mass is 16.5. The van der Waals surface area contributed by atoms with Crippen LogP contribution in [0, 0.1) is 0 Å². The van der Waals surface area contributed by atoms with Gasteiger partial charge in [0.1, 0.15) is 12.0 Å². The molecule has 0 saturated carbocycles. The number of benzene rings is 2. The van der Waals surface area contributed by atoms with Gasteiger partial charge in [-0.15, -0.1) is 0 Å². The minimum atomic E-state index is -0.588. The molecule has 0 atom stereocenters. The second-order valence-corrected chi connectivity index (χ2v) is 5.22. The van der Waals surface area contributed by atoms with Crippen LogP contribution >= 0.6 is 0 Å². The van der Waals surface area contributed by atoms with Crippen LogP contribution in [0.2, 0.25) is 0 Å². The van der Waals surface area contributed by atoms with Gasteiger partial charge in [-0.25, -0.2) is 0 Å². The maximum Gasteiger partial charge on any atom is 0.312 e. The summed E-state index contributed by atoms with van der Waals surface area (Å²) in [5.41, 5.74) is 1.07. The van der Waals surface area contributed by atoms with Crippen molar-refractivity contribution in [3.05, 3.63) is 65.2 Å². The van der Waals surface area contributed by atoms with E-state index in [2.05, 4.69) is 0 Å². The number of hydrogen-bond acceptors (Lipinski definition) is 5. The standard InChI is InChI=1S/C18H13NO5/c20-11-12-4-3-5-13(10-12)24-16(21)8-9-19-17(22)14-6-1-2-7-15(14)18(19)23/h1-7,10-11H,8-9H2. The van der Waals surface area contributed by atoms with Gasteiger partial charge in [-0.3, -0.25) is 24.1 Å². The summed E-state index contributed by atoms with van der Waals surface area (Å²) in [5, 5.41) is 0. The molecule has 2 amide bonds. The highest BCUT2D eigenvalue weighted by Gasteiger charge is 2.35. The van der Waals surface area contributed by atoms with E-state index in [1.165, 1.54) is 6.07 Å². The third-order valence-electron chi connectivity index (χ3n) is 3.64. The summed E-state index contributed by atoms with van der Waals surface area (Å²) in [6.07, 6.45) is 0.521. The molecule has 120 valence electrons. The zero-order valence-electron chi connectivity index (χ0n) is 12.6. The van der Waals surface area contributed by atoms with E-state index in [9.17, 15) is 19.2 Å². The molecule has 1 aliphatic heterocycles. The quantitative estimate of drug-likeness (QED) is 0.364. The maximum atomic E-state index is 12.2. The van der Waals surface area contributed by atoms with Crippen LogP contribution < -0.4 is 4.74 Å². The number of ether oxygens (including phenoxy) is 1. The van der Waals surface area contributed by atoms with Gasteiger partial charge in [0.15, 0.2) is 0 Å². The number of aldehydes is 1. The summed E-state index contributed by atoms with van der Waals surface area (Å²) in [7, 11) is 0. The van der Waals surface area contributed by atoms with Crippen molar-refractivity contribution in [3.63, 3.8) is 0 Å². The van der Waals surface area contributed by atoms with Crippen molar-refractivity contribution in [2.75, 3.05) is 6.54 Å². The first-order valence-electron chi connectivity index (χ1n) is 7.31. The average Bonchev–Trinajstić information content (AvgIpc) is 2.84. The number of imide groups is 1. The predicted octanol–water partition coefficient (Wildman–Crippen LogP) is 2.09. The lowest BCUT2D eigenvalue weighted by atomic mass is 10.1. The molecule has 0 fully saturated rings. The lowest BCUT2D eigenvalue weighted by Crippen LogP contribution is -2.32. The maximum absolute atomic E-state index is 12.2. The van der Waals surface area contributed by atoms with Crippen molar-refractivity contribution in [1.29, 1.82) is 0 Å². The summed E-state index contributed by atoms with van der Waals surface area (Å²) in [6, 6.07) is 12.7. The Balaban J connectivity index is 1.62. The van der Waals surface area contributed by atoms with E-state index in [0.29, 0.717) is 23.0 Å². The molecule has 2 aromatic rings. The highest BCUT2D eigenvalue weighted by Crippen LogP contribution is 2.22. The van der Waals surface area contributed by atoms with Crippen LogP contribution in [0.5, 0.6) is 5.75 Å². The molecule has 2 aromatic carbocycles. The van der Waals surface area contributed by atoms with Crippen LogP contribution in [0.3, 0.4) is 0 Å². The molecule has 0 spiro atoms. The summed E-state index contributed by atoms with van der Waals surface area (Å²) >= 11 is 0. The van der Waals surface area contributed by atoms with Crippen molar-refractivity contribution >= 4 is 24.1 Å². The molecule has 0 N–H and O–H groups in total. The molecule has 0 bridgehead atoms. The number of nitrogens with zero attached hydrogens (tertiary/aromatic N) is 1. The Morgan fingerprint density at radius 3 is 2.29 bits per heavy atom. The van der Waals surface area contributed by atoms with Crippen LogP contribution in [0.15, 0.2) is 48.5 Å². The van der Waals surface area contributed by atoms with Gasteiger partial charge in [-0.2, -0.15) is 0 Å².